The number of rotatable bonds is 7. The molecule has 2 atom stereocenters. The Kier molecular flexibility index (Phi) is 6.59. The highest BCUT2D eigenvalue weighted by Gasteiger charge is 2.25. The summed E-state index contributed by atoms with van der Waals surface area (Å²) in [7, 11) is 0. The molecule has 2 amide bonds. The lowest BCUT2D eigenvalue weighted by molar-refractivity contribution is -0.116. The molecule has 0 spiro atoms. The SMILES string of the molecule is NCC1CCCCC1NC(=O)c1cccc(NC(=O)CCn2ccnc2)c1. The third-order valence-corrected chi connectivity index (χ3v) is 5.09. The van der Waals surface area contributed by atoms with Crippen molar-refractivity contribution in [3.63, 3.8) is 0 Å². The summed E-state index contributed by atoms with van der Waals surface area (Å²) >= 11 is 0. The topological polar surface area (TPSA) is 102 Å². The van der Waals surface area contributed by atoms with E-state index in [1.807, 2.05) is 10.8 Å². The number of aromatic nitrogens is 2. The number of amides is 2. The summed E-state index contributed by atoms with van der Waals surface area (Å²) in [5.41, 5.74) is 7.01. The van der Waals surface area contributed by atoms with E-state index >= 15 is 0 Å². The highest BCUT2D eigenvalue weighted by molar-refractivity contribution is 5.97. The first-order chi connectivity index (χ1) is 13.2. The van der Waals surface area contributed by atoms with Crippen LogP contribution in [0.15, 0.2) is 43.0 Å². The highest BCUT2D eigenvalue weighted by Crippen LogP contribution is 2.24. The second kappa shape index (κ2) is 9.32. The molecule has 1 heterocycles. The van der Waals surface area contributed by atoms with Gasteiger partial charge in [0.2, 0.25) is 5.91 Å². The molecule has 0 saturated heterocycles. The van der Waals surface area contributed by atoms with Gasteiger partial charge in [-0.05, 0) is 43.5 Å². The molecule has 1 aliphatic rings. The fourth-order valence-corrected chi connectivity index (χ4v) is 3.54. The molecule has 4 N–H and O–H groups in total. The molecule has 7 nitrogen and oxygen atoms in total. The second-order valence-corrected chi connectivity index (χ2v) is 7.04. The molecule has 144 valence electrons. The minimum absolute atomic E-state index is 0.100. The molecule has 1 aromatic carbocycles. The molecule has 3 rings (SSSR count). The second-order valence-electron chi connectivity index (χ2n) is 7.04. The molecule has 0 radical (unpaired) electrons. The largest absolute Gasteiger partial charge is 0.349 e. The third-order valence-electron chi connectivity index (χ3n) is 5.09. The van der Waals surface area contributed by atoms with Crippen molar-refractivity contribution in [3.05, 3.63) is 48.5 Å². The van der Waals surface area contributed by atoms with Gasteiger partial charge in [0.15, 0.2) is 0 Å². The van der Waals surface area contributed by atoms with Gasteiger partial charge < -0.3 is 20.9 Å². The average Bonchev–Trinajstić information content (AvgIpc) is 3.21. The van der Waals surface area contributed by atoms with Crippen LogP contribution in [-0.4, -0.2) is 34.0 Å². The number of hydrogen-bond acceptors (Lipinski definition) is 4. The Balaban J connectivity index is 1.55. The van der Waals surface area contributed by atoms with Crippen molar-refractivity contribution in [2.45, 2.75) is 44.7 Å². The summed E-state index contributed by atoms with van der Waals surface area (Å²) in [6, 6.07) is 7.17. The van der Waals surface area contributed by atoms with E-state index in [0.717, 1.165) is 19.3 Å². The number of anilines is 1. The molecule has 27 heavy (non-hydrogen) atoms. The molecular formula is C20H27N5O2. The van der Waals surface area contributed by atoms with Gasteiger partial charge in [0.25, 0.3) is 5.91 Å². The van der Waals surface area contributed by atoms with E-state index in [2.05, 4.69) is 15.6 Å². The zero-order valence-corrected chi connectivity index (χ0v) is 15.4. The first kappa shape index (κ1) is 19.1. The fraction of sp³-hybridized carbons (Fsp3) is 0.450. The summed E-state index contributed by atoms with van der Waals surface area (Å²) < 4.78 is 1.85. The lowest BCUT2D eigenvalue weighted by Gasteiger charge is -2.31. The van der Waals surface area contributed by atoms with Gasteiger partial charge >= 0.3 is 0 Å². The zero-order valence-electron chi connectivity index (χ0n) is 15.4. The first-order valence-electron chi connectivity index (χ1n) is 9.52. The number of nitrogens with one attached hydrogen (secondary N) is 2. The quantitative estimate of drug-likeness (QED) is 0.696. The van der Waals surface area contributed by atoms with Crippen molar-refractivity contribution >= 4 is 17.5 Å². The van der Waals surface area contributed by atoms with Crippen LogP contribution >= 0.6 is 0 Å². The van der Waals surface area contributed by atoms with Crippen LogP contribution in [0, 0.1) is 5.92 Å². The monoisotopic (exact) mass is 369 g/mol. The van der Waals surface area contributed by atoms with Crippen LogP contribution < -0.4 is 16.4 Å². The van der Waals surface area contributed by atoms with E-state index < -0.39 is 0 Å². The van der Waals surface area contributed by atoms with Crippen molar-refractivity contribution in [1.29, 1.82) is 0 Å². The lowest BCUT2D eigenvalue weighted by Crippen LogP contribution is -2.44. The molecule has 1 fully saturated rings. The summed E-state index contributed by atoms with van der Waals surface area (Å²) in [6.07, 6.45) is 9.85. The van der Waals surface area contributed by atoms with Crippen molar-refractivity contribution in [2.75, 3.05) is 11.9 Å². The molecule has 1 saturated carbocycles. The number of imidazole rings is 1. The summed E-state index contributed by atoms with van der Waals surface area (Å²) in [5.74, 6) is 0.125. The Morgan fingerprint density at radius 3 is 2.89 bits per heavy atom. The van der Waals surface area contributed by atoms with Crippen LogP contribution in [0.2, 0.25) is 0 Å². The number of carbonyl (C=O) groups is 2. The first-order valence-corrected chi connectivity index (χ1v) is 9.52. The number of benzene rings is 1. The number of carbonyl (C=O) groups excluding carboxylic acids is 2. The Labute approximate surface area is 159 Å². The van der Waals surface area contributed by atoms with Crippen molar-refractivity contribution in [1.82, 2.24) is 14.9 Å². The van der Waals surface area contributed by atoms with Crippen molar-refractivity contribution in [2.24, 2.45) is 11.7 Å². The normalized spacial score (nSPS) is 19.4. The Hall–Kier alpha value is -2.67. The molecule has 0 aliphatic heterocycles. The number of aryl methyl sites for hydroxylation is 1. The van der Waals surface area contributed by atoms with E-state index in [-0.39, 0.29) is 17.9 Å². The van der Waals surface area contributed by atoms with Crippen molar-refractivity contribution in [3.8, 4) is 0 Å². The Bertz CT molecular complexity index is 759. The highest BCUT2D eigenvalue weighted by atomic mass is 16.2. The summed E-state index contributed by atoms with van der Waals surface area (Å²) in [6.45, 7) is 1.16. The summed E-state index contributed by atoms with van der Waals surface area (Å²) in [4.78, 5) is 28.7. The molecule has 7 heteroatoms. The van der Waals surface area contributed by atoms with Gasteiger partial charge in [-0.15, -0.1) is 0 Å². The Morgan fingerprint density at radius 1 is 1.26 bits per heavy atom. The smallest absolute Gasteiger partial charge is 0.251 e. The maximum atomic E-state index is 12.6. The van der Waals surface area contributed by atoms with Crippen LogP contribution in [0.25, 0.3) is 0 Å². The summed E-state index contributed by atoms with van der Waals surface area (Å²) in [5, 5.41) is 5.97. The van der Waals surface area contributed by atoms with Crippen molar-refractivity contribution < 1.29 is 9.59 Å². The standard InChI is InChI=1S/C20H27N5O2/c21-13-16-4-1-2-7-18(16)24-20(27)15-5-3-6-17(12-15)23-19(26)8-10-25-11-9-22-14-25/h3,5-6,9,11-12,14,16,18H,1-2,4,7-8,10,13,21H2,(H,23,26)(H,24,27). The van der Waals surface area contributed by atoms with Gasteiger partial charge in [-0.3, -0.25) is 9.59 Å². The molecule has 1 aromatic heterocycles. The zero-order chi connectivity index (χ0) is 19.1. The fourth-order valence-electron chi connectivity index (χ4n) is 3.54. The maximum Gasteiger partial charge on any atom is 0.251 e. The number of nitrogens with zero attached hydrogens (tertiary/aromatic N) is 2. The van der Waals surface area contributed by atoms with Crippen LogP contribution in [0.5, 0.6) is 0 Å². The number of hydrogen-bond donors (Lipinski definition) is 3. The molecular weight excluding hydrogens is 342 g/mol. The van der Waals surface area contributed by atoms with E-state index in [9.17, 15) is 9.59 Å². The van der Waals surface area contributed by atoms with Crippen LogP contribution in [0.4, 0.5) is 5.69 Å². The van der Waals surface area contributed by atoms with Gasteiger partial charge in [-0.25, -0.2) is 4.98 Å². The Morgan fingerprint density at radius 2 is 2.11 bits per heavy atom. The molecule has 2 aromatic rings. The van der Waals surface area contributed by atoms with Gasteiger partial charge in [-0.2, -0.15) is 0 Å². The lowest BCUT2D eigenvalue weighted by atomic mass is 9.84. The van der Waals surface area contributed by atoms with Gasteiger partial charge in [0.1, 0.15) is 0 Å². The predicted molar refractivity (Wildman–Crippen MR) is 104 cm³/mol. The van der Waals surface area contributed by atoms with Crippen LogP contribution in [-0.2, 0) is 11.3 Å². The van der Waals surface area contributed by atoms with E-state index in [1.165, 1.54) is 6.42 Å². The molecule has 0 bridgehead atoms. The number of nitrogens with two attached hydrogens (primary N) is 1. The van der Waals surface area contributed by atoms with E-state index in [4.69, 9.17) is 5.73 Å². The van der Waals surface area contributed by atoms with E-state index in [0.29, 0.717) is 36.7 Å². The maximum absolute atomic E-state index is 12.6. The predicted octanol–water partition coefficient (Wildman–Crippen LogP) is 2.16. The average molecular weight is 369 g/mol. The van der Waals surface area contributed by atoms with Gasteiger partial charge in [-0.1, -0.05) is 18.9 Å². The van der Waals surface area contributed by atoms with E-state index in [1.54, 1.807) is 36.8 Å². The molecule has 2 unspecified atom stereocenters. The van der Waals surface area contributed by atoms with Gasteiger partial charge in [0, 0.05) is 42.7 Å². The third kappa shape index (κ3) is 5.40. The van der Waals surface area contributed by atoms with Crippen LogP contribution in [0.1, 0.15) is 42.5 Å². The minimum Gasteiger partial charge on any atom is -0.349 e. The molecule has 1 aliphatic carbocycles. The van der Waals surface area contributed by atoms with Gasteiger partial charge in [0.05, 0.1) is 6.33 Å². The minimum atomic E-state index is -0.116. The van der Waals surface area contributed by atoms with Crippen LogP contribution in [0.3, 0.4) is 0 Å².